The van der Waals surface area contributed by atoms with Crippen LogP contribution in [0.1, 0.15) is 50.8 Å². The first-order chi connectivity index (χ1) is 17.8. The van der Waals surface area contributed by atoms with Gasteiger partial charge in [-0.25, -0.2) is 4.79 Å². The molecule has 4 amide bonds. The van der Waals surface area contributed by atoms with Crippen LogP contribution in [0.5, 0.6) is 5.75 Å². The van der Waals surface area contributed by atoms with Crippen LogP contribution < -0.4 is 21.1 Å². The lowest BCUT2D eigenvalue weighted by atomic mass is 10.0. The van der Waals surface area contributed by atoms with Gasteiger partial charge in [0.2, 0.25) is 5.91 Å². The molecule has 2 aromatic rings. The monoisotopic (exact) mass is 522 g/mol. The van der Waals surface area contributed by atoms with E-state index in [1.807, 2.05) is 6.92 Å². The van der Waals surface area contributed by atoms with E-state index in [9.17, 15) is 19.2 Å². The molecule has 0 saturated carbocycles. The number of rotatable bonds is 10. The molecule has 2 rings (SSSR count). The van der Waals surface area contributed by atoms with Crippen molar-refractivity contribution in [3.05, 3.63) is 59.7 Å². The van der Waals surface area contributed by atoms with Crippen molar-refractivity contribution in [3.63, 3.8) is 0 Å². The molecule has 0 aliphatic carbocycles. The molecule has 0 fully saturated rings. The predicted molar refractivity (Wildman–Crippen MR) is 143 cm³/mol. The van der Waals surface area contributed by atoms with Crippen LogP contribution in [0.3, 0.4) is 0 Å². The molecule has 202 valence electrons. The van der Waals surface area contributed by atoms with E-state index in [0.717, 1.165) is 10.5 Å². The number of nitrogens with zero attached hydrogens (tertiary/aromatic N) is 1. The zero-order chi connectivity index (χ0) is 28.5. The number of ether oxygens (including phenoxy) is 2. The Labute approximate surface area is 222 Å². The number of benzene rings is 2. The third-order valence-corrected chi connectivity index (χ3v) is 5.30. The second-order valence-electron chi connectivity index (χ2n) is 9.57. The fourth-order valence-corrected chi connectivity index (χ4v) is 3.48. The highest BCUT2D eigenvalue weighted by Crippen LogP contribution is 2.25. The molecule has 0 aliphatic rings. The number of aryl methyl sites for hydroxylation is 1. The second kappa shape index (κ2) is 13.1. The summed E-state index contributed by atoms with van der Waals surface area (Å²) in [6.45, 7) is 6.87. The van der Waals surface area contributed by atoms with Gasteiger partial charge in [0.15, 0.2) is 0 Å². The number of carbonyl (C=O) groups excluding carboxylic acids is 4. The molecule has 0 saturated heterocycles. The minimum Gasteiger partial charge on any atom is -0.497 e. The number of nitrogens with one attached hydrogen (secondary N) is 2. The Balaban J connectivity index is 2.44. The molecular formula is C28H34N4O6. The molecule has 38 heavy (non-hydrogen) atoms. The summed E-state index contributed by atoms with van der Waals surface area (Å²) < 4.78 is 10.4. The Morgan fingerprint density at radius 2 is 1.66 bits per heavy atom. The molecule has 4 N–H and O–H groups in total. The number of hydrogen-bond donors (Lipinski definition) is 3. The van der Waals surface area contributed by atoms with Gasteiger partial charge in [0, 0.05) is 18.2 Å². The highest BCUT2D eigenvalue weighted by atomic mass is 16.6. The number of terminal acetylenes is 1. The summed E-state index contributed by atoms with van der Waals surface area (Å²) in [6.07, 6.45) is 4.52. The fourth-order valence-electron chi connectivity index (χ4n) is 3.48. The number of methoxy groups -OCH3 is 1. The minimum atomic E-state index is -1.28. The summed E-state index contributed by atoms with van der Waals surface area (Å²) in [5, 5.41) is 5.23. The smallest absolute Gasteiger partial charge is 0.408 e. The van der Waals surface area contributed by atoms with Crippen LogP contribution in [0.4, 0.5) is 10.5 Å². The van der Waals surface area contributed by atoms with Gasteiger partial charge in [-0.3, -0.25) is 19.3 Å². The first-order valence-electron chi connectivity index (χ1n) is 11.9. The van der Waals surface area contributed by atoms with Crippen LogP contribution in [0.2, 0.25) is 0 Å². The lowest BCUT2D eigenvalue weighted by Gasteiger charge is -2.30. The van der Waals surface area contributed by atoms with Crippen molar-refractivity contribution in [3.8, 4) is 18.2 Å². The summed E-state index contributed by atoms with van der Waals surface area (Å²) in [5.41, 5.74) is 6.28. The fraction of sp³-hybridized carbons (Fsp3) is 0.357. The first kappa shape index (κ1) is 29.7. The van der Waals surface area contributed by atoms with Crippen molar-refractivity contribution in [2.24, 2.45) is 5.73 Å². The zero-order valence-electron chi connectivity index (χ0n) is 22.2. The molecule has 2 unspecified atom stereocenters. The highest BCUT2D eigenvalue weighted by Gasteiger charge is 2.36. The molecule has 0 aliphatic heterocycles. The van der Waals surface area contributed by atoms with Gasteiger partial charge in [0.05, 0.1) is 7.11 Å². The van der Waals surface area contributed by atoms with E-state index in [0.29, 0.717) is 17.0 Å². The maximum Gasteiger partial charge on any atom is 0.408 e. The van der Waals surface area contributed by atoms with E-state index in [2.05, 4.69) is 16.7 Å². The van der Waals surface area contributed by atoms with Gasteiger partial charge in [0.25, 0.3) is 11.8 Å². The molecule has 0 radical (unpaired) electrons. The van der Waals surface area contributed by atoms with Gasteiger partial charge in [-0.05, 0) is 63.9 Å². The Bertz CT molecular complexity index is 1180. The molecule has 2 atom stereocenters. The van der Waals surface area contributed by atoms with Crippen LogP contribution >= 0.6 is 0 Å². The number of primary amides is 1. The van der Waals surface area contributed by atoms with E-state index in [-0.39, 0.29) is 12.8 Å². The second-order valence-corrected chi connectivity index (χ2v) is 9.57. The maximum atomic E-state index is 13.7. The van der Waals surface area contributed by atoms with Crippen molar-refractivity contribution in [1.29, 1.82) is 0 Å². The van der Waals surface area contributed by atoms with E-state index in [1.165, 1.54) is 7.11 Å². The highest BCUT2D eigenvalue weighted by molar-refractivity contribution is 5.99. The van der Waals surface area contributed by atoms with Crippen LogP contribution in [0, 0.1) is 19.4 Å². The predicted octanol–water partition coefficient (Wildman–Crippen LogP) is 3.26. The topological polar surface area (TPSA) is 140 Å². The molecule has 0 bridgehead atoms. The van der Waals surface area contributed by atoms with Gasteiger partial charge >= 0.3 is 6.09 Å². The van der Waals surface area contributed by atoms with Gasteiger partial charge in [-0.15, -0.1) is 0 Å². The molecule has 2 aromatic carbocycles. The van der Waals surface area contributed by atoms with Gasteiger partial charge in [-0.1, -0.05) is 36.3 Å². The third-order valence-electron chi connectivity index (χ3n) is 5.30. The van der Waals surface area contributed by atoms with E-state index in [1.54, 1.807) is 69.3 Å². The number of carbonyl (C=O) groups is 4. The summed E-state index contributed by atoms with van der Waals surface area (Å²) >= 11 is 0. The third kappa shape index (κ3) is 8.85. The Kier molecular flexibility index (Phi) is 10.3. The summed E-state index contributed by atoms with van der Waals surface area (Å²) in [6, 6.07) is 13.3. The van der Waals surface area contributed by atoms with Gasteiger partial charge in [0.1, 0.15) is 23.4 Å². The van der Waals surface area contributed by atoms with Crippen LogP contribution in [0.25, 0.3) is 0 Å². The van der Waals surface area contributed by atoms with Crippen molar-refractivity contribution >= 4 is 29.5 Å². The van der Waals surface area contributed by atoms with Crippen LogP contribution in [0.15, 0.2) is 48.5 Å². The first-order valence-corrected chi connectivity index (χ1v) is 11.9. The number of nitrogens with two attached hydrogens (primary N) is 1. The summed E-state index contributed by atoms with van der Waals surface area (Å²) in [7, 11) is 1.53. The van der Waals surface area contributed by atoms with Crippen molar-refractivity contribution < 1.29 is 28.7 Å². The number of amides is 4. The molecule has 0 spiro atoms. The lowest BCUT2D eigenvalue weighted by molar-refractivity contribution is -0.137. The number of hydrogen-bond acceptors (Lipinski definition) is 6. The molecule has 0 heterocycles. The molecular weight excluding hydrogens is 488 g/mol. The lowest BCUT2D eigenvalue weighted by Crippen LogP contribution is -2.51. The average molecular weight is 523 g/mol. The SMILES string of the molecule is C#CN(C(=O)C(CCC(N)=O)NC(=O)OC(C)(C)C)C(C(=O)Nc1ccc(OC)cc1)c1ccc(C)cc1. The number of anilines is 1. The van der Waals surface area contributed by atoms with Crippen LogP contribution in [-0.2, 0) is 19.1 Å². The molecule has 10 heteroatoms. The van der Waals surface area contributed by atoms with Crippen molar-refractivity contribution in [2.45, 2.75) is 58.2 Å². The van der Waals surface area contributed by atoms with E-state index in [4.69, 9.17) is 21.6 Å². The van der Waals surface area contributed by atoms with E-state index < -0.39 is 41.5 Å². The van der Waals surface area contributed by atoms with Crippen LogP contribution in [-0.4, -0.2) is 47.5 Å². The standard InChI is InChI=1S/C28H34N4O6/c1-7-32(26(35)22(16-17-23(29)33)31-27(36)38-28(3,4)5)24(19-10-8-18(2)9-11-19)25(34)30-20-12-14-21(37-6)15-13-20/h1,8-15,22,24H,16-17H2,2-6H3,(H2,29,33)(H,30,34)(H,31,36). The Morgan fingerprint density at radius 1 is 1.05 bits per heavy atom. The van der Waals surface area contributed by atoms with Crippen molar-refractivity contribution in [2.75, 3.05) is 12.4 Å². The van der Waals surface area contributed by atoms with E-state index >= 15 is 0 Å². The largest absolute Gasteiger partial charge is 0.497 e. The average Bonchev–Trinajstić information content (AvgIpc) is 2.84. The normalized spacial score (nSPS) is 12.3. The van der Waals surface area contributed by atoms with Gasteiger partial charge < -0.3 is 25.8 Å². The van der Waals surface area contributed by atoms with Gasteiger partial charge in [-0.2, -0.15) is 0 Å². The number of alkyl carbamates (subject to hydrolysis) is 1. The summed E-state index contributed by atoms with van der Waals surface area (Å²) in [4.78, 5) is 52.0. The Morgan fingerprint density at radius 3 is 2.16 bits per heavy atom. The zero-order valence-corrected chi connectivity index (χ0v) is 22.2. The van der Waals surface area contributed by atoms with Crippen molar-refractivity contribution in [1.82, 2.24) is 10.2 Å². The quantitative estimate of drug-likeness (QED) is 0.323. The molecule has 0 aromatic heterocycles. The molecule has 10 nitrogen and oxygen atoms in total. The minimum absolute atomic E-state index is 0.147. The Hall–Kier alpha value is -4.52. The maximum absolute atomic E-state index is 13.7. The summed E-state index contributed by atoms with van der Waals surface area (Å²) in [5.74, 6) is -1.44.